The summed E-state index contributed by atoms with van der Waals surface area (Å²) in [6.45, 7) is 5.72. The van der Waals surface area contributed by atoms with E-state index < -0.39 is 6.10 Å². The van der Waals surface area contributed by atoms with Crippen LogP contribution in [0.1, 0.15) is 35.3 Å². The summed E-state index contributed by atoms with van der Waals surface area (Å²) in [5, 5.41) is 5.81. The molecule has 0 aliphatic rings. The van der Waals surface area contributed by atoms with Crippen LogP contribution in [0.25, 0.3) is 0 Å². The van der Waals surface area contributed by atoms with Crippen molar-refractivity contribution in [3.05, 3.63) is 83.4 Å². The number of carbonyl (C=O) groups excluding carboxylic acids is 2. The number of nitrogens with one attached hydrogen (secondary N) is 2. The Bertz CT molecular complexity index is 1080. The number of amides is 2. The van der Waals surface area contributed by atoms with Gasteiger partial charge >= 0.3 is 0 Å². The smallest absolute Gasteiger partial charge is 0.265 e. The van der Waals surface area contributed by atoms with Crippen molar-refractivity contribution >= 4 is 23.2 Å². The largest absolute Gasteiger partial charge is 0.497 e. The predicted molar refractivity (Wildman–Crippen MR) is 127 cm³/mol. The third-order valence-corrected chi connectivity index (χ3v) is 5.13. The Morgan fingerprint density at radius 1 is 0.906 bits per heavy atom. The molecule has 166 valence electrons. The van der Waals surface area contributed by atoms with Gasteiger partial charge < -0.3 is 20.1 Å². The van der Waals surface area contributed by atoms with E-state index in [1.54, 1.807) is 62.6 Å². The summed E-state index contributed by atoms with van der Waals surface area (Å²) in [7, 11) is 1.59. The van der Waals surface area contributed by atoms with E-state index in [0.29, 0.717) is 17.0 Å². The standard InChI is InChI=1S/C26H28N2O4/c1-5-19-8-6-7-17(2)24(19)28-25(29)18(3)32-23-13-9-20(10-14-23)26(30)27-21-11-15-22(31-4)16-12-21/h6-16,18H,5H2,1-4H3,(H,27,30)(H,28,29). The minimum Gasteiger partial charge on any atom is -0.497 e. The average Bonchev–Trinajstić information content (AvgIpc) is 2.81. The SMILES string of the molecule is CCc1cccc(C)c1NC(=O)C(C)Oc1ccc(C(=O)Nc2ccc(OC)cc2)cc1. The quantitative estimate of drug-likeness (QED) is 0.511. The van der Waals surface area contributed by atoms with Crippen LogP contribution in [0.5, 0.6) is 11.5 Å². The third kappa shape index (κ3) is 5.66. The molecule has 3 aromatic rings. The highest BCUT2D eigenvalue weighted by atomic mass is 16.5. The van der Waals surface area contributed by atoms with Crippen molar-refractivity contribution in [1.82, 2.24) is 0 Å². The summed E-state index contributed by atoms with van der Waals surface area (Å²) in [5.41, 5.74) is 4.08. The summed E-state index contributed by atoms with van der Waals surface area (Å²) in [6, 6.07) is 19.7. The monoisotopic (exact) mass is 432 g/mol. The molecule has 6 heteroatoms. The van der Waals surface area contributed by atoms with E-state index in [1.165, 1.54) is 0 Å². The van der Waals surface area contributed by atoms with E-state index >= 15 is 0 Å². The van der Waals surface area contributed by atoms with E-state index in [1.807, 2.05) is 25.1 Å². The van der Waals surface area contributed by atoms with Gasteiger partial charge in [0.15, 0.2) is 6.10 Å². The summed E-state index contributed by atoms with van der Waals surface area (Å²) in [6.07, 6.45) is 0.130. The average molecular weight is 433 g/mol. The molecule has 32 heavy (non-hydrogen) atoms. The van der Waals surface area contributed by atoms with Crippen molar-refractivity contribution in [2.45, 2.75) is 33.3 Å². The highest BCUT2D eigenvalue weighted by Gasteiger charge is 2.17. The lowest BCUT2D eigenvalue weighted by molar-refractivity contribution is -0.122. The van der Waals surface area contributed by atoms with Crippen molar-refractivity contribution in [2.24, 2.45) is 0 Å². The molecule has 0 aliphatic carbocycles. The van der Waals surface area contributed by atoms with Crippen molar-refractivity contribution in [2.75, 3.05) is 17.7 Å². The van der Waals surface area contributed by atoms with Crippen LogP contribution >= 0.6 is 0 Å². The molecule has 2 amide bonds. The number of anilines is 2. The molecule has 0 saturated heterocycles. The molecule has 1 atom stereocenters. The molecule has 3 rings (SSSR count). The van der Waals surface area contributed by atoms with Gasteiger partial charge in [0.2, 0.25) is 0 Å². The Balaban J connectivity index is 1.59. The minimum absolute atomic E-state index is 0.227. The second-order valence-corrected chi connectivity index (χ2v) is 7.42. The minimum atomic E-state index is -0.696. The van der Waals surface area contributed by atoms with Gasteiger partial charge in [0.05, 0.1) is 7.11 Å². The molecular weight excluding hydrogens is 404 g/mol. The van der Waals surface area contributed by atoms with Crippen molar-refractivity contribution in [3.8, 4) is 11.5 Å². The van der Waals surface area contributed by atoms with E-state index in [9.17, 15) is 9.59 Å². The summed E-state index contributed by atoms with van der Waals surface area (Å²) >= 11 is 0. The van der Waals surface area contributed by atoms with Gasteiger partial charge in [-0.2, -0.15) is 0 Å². The van der Waals surface area contributed by atoms with E-state index in [-0.39, 0.29) is 11.8 Å². The number of ether oxygens (including phenoxy) is 2. The van der Waals surface area contributed by atoms with Crippen LogP contribution < -0.4 is 20.1 Å². The fourth-order valence-electron chi connectivity index (χ4n) is 3.25. The van der Waals surface area contributed by atoms with Gasteiger partial charge in [-0.3, -0.25) is 9.59 Å². The second kappa shape index (κ2) is 10.5. The van der Waals surface area contributed by atoms with Crippen LogP contribution in [-0.4, -0.2) is 25.0 Å². The van der Waals surface area contributed by atoms with Crippen molar-refractivity contribution < 1.29 is 19.1 Å². The lowest BCUT2D eigenvalue weighted by atomic mass is 10.1. The molecule has 0 saturated carbocycles. The highest BCUT2D eigenvalue weighted by molar-refractivity contribution is 6.04. The number of aryl methyl sites for hydroxylation is 2. The molecule has 0 aromatic heterocycles. The van der Waals surface area contributed by atoms with Gasteiger partial charge in [0.1, 0.15) is 11.5 Å². The molecule has 0 bridgehead atoms. The van der Waals surface area contributed by atoms with Crippen LogP contribution in [0.4, 0.5) is 11.4 Å². The van der Waals surface area contributed by atoms with Crippen LogP contribution in [0.15, 0.2) is 66.7 Å². The lowest BCUT2D eigenvalue weighted by Crippen LogP contribution is -2.30. The molecule has 0 aliphatic heterocycles. The van der Waals surface area contributed by atoms with Crippen LogP contribution in [0.2, 0.25) is 0 Å². The Morgan fingerprint density at radius 3 is 2.19 bits per heavy atom. The van der Waals surface area contributed by atoms with Gasteiger partial charge in [0, 0.05) is 16.9 Å². The first kappa shape index (κ1) is 22.9. The highest BCUT2D eigenvalue weighted by Crippen LogP contribution is 2.22. The van der Waals surface area contributed by atoms with E-state index in [4.69, 9.17) is 9.47 Å². The Labute approximate surface area is 188 Å². The molecule has 0 heterocycles. The number of rotatable bonds is 8. The molecule has 0 fully saturated rings. The Morgan fingerprint density at radius 2 is 1.56 bits per heavy atom. The molecule has 2 N–H and O–H groups in total. The fourth-order valence-corrected chi connectivity index (χ4v) is 3.25. The van der Waals surface area contributed by atoms with Crippen LogP contribution in [-0.2, 0) is 11.2 Å². The third-order valence-electron chi connectivity index (χ3n) is 5.13. The van der Waals surface area contributed by atoms with E-state index in [2.05, 4.69) is 17.6 Å². The maximum atomic E-state index is 12.7. The number of hydrogen-bond acceptors (Lipinski definition) is 4. The molecule has 1 unspecified atom stereocenters. The normalized spacial score (nSPS) is 11.4. The van der Waals surface area contributed by atoms with Crippen molar-refractivity contribution in [3.63, 3.8) is 0 Å². The topological polar surface area (TPSA) is 76.7 Å². The first-order chi connectivity index (χ1) is 15.4. The van der Waals surface area contributed by atoms with Crippen molar-refractivity contribution in [1.29, 1.82) is 0 Å². The lowest BCUT2D eigenvalue weighted by Gasteiger charge is -2.18. The molecule has 0 spiro atoms. The molecule has 3 aromatic carbocycles. The van der Waals surface area contributed by atoms with Gasteiger partial charge in [0.25, 0.3) is 11.8 Å². The fraction of sp³-hybridized carbons (Fsp3) is 0.231. The Hall–Kier alpha value is -3.80. The van der Waals surface area contributed by atoms with E-state index in [0.717, 1.165) is 29.0 Å². The molecule has 6 nitrogen and oxygen atoms in total. The molecule has 0 radical (unpaired) electrons. The predicted octanol–water partition coefficient (Wildman–Crippen LogP) is 5.22. The maximum Gasteiger partial charge on any atom is 0.265 e. The zero-order chi connectivity index (χ0) is 23.1. The maximum absolute atomic E-state index is 12.7. The molecular formula is C26H28N2O4. The van der Waals surface area contributed by atoms with Crippen LogP contribution in [0, 0.1) is 6.92 Å². The number of benzene rings is 3. The first-order valence-corrected chi connectivity index (χ1v) is 10.5. The van der Waals surface area contributed by atoms with Gasteiger partial charge in [-0.25, -0.2) is 0 Å². The zero-order valence-electron chi connectivity index (χ0n) is 18.8. The van der Waals surface area contributed by atoms with Crippen LogP contribution in [0.3, 0.4) is 0 Å². The number of para-hydroxylation sites is 1. The number of carbonyl (C=O) groups is 2. The number of methoxy groups -OCH3 is 1. The number of hydrogen-bond donors (Lipinski definition) is 2. The zero-order valence-corrected chi connectivity index (χ0v) is 18.8. The summed E-state index contributed by atoms with van der Waals surface area (Å²) in [4.78, 5) is 25.1. The summed E-state index contributed by atoms with van der Waals surface area (Å²) in [5.74, 6) is 0.764. The van der Waals surface area contributed by atoms with Gasteiger partial charge in [-0.15, -0.1) is 0 Å². The second-order valence-electron chi connectivity index (χ2n) is 7.42. The first-order valence-electron chi connectivity index (χ1n) is 10.5. The summed E-state index contributed by atoms with van der Waals surface area (Å²) < 4.78 is 10.9. The Kier molecular flexibility index (Phi) is 7.49. The van der Waals surface area contributed by atoms with Gasteiger partial charge in [-0.05, 0) is 79.9 Å². The van der Waals surface area contributed by atoms with Gasteiger partial charge in [-0.1, -0.05) is 25.1 Å².